The number of ether oxygens (including phenoxy) is 2. The second-order valence-corrected chi connectivity index (χ2v) is 7.54. The molecule has 3 atom stereocenters. The minimum Gasteiger partial charge on any atom is -0.389 e. The van der Waals surface area contributed by atoms with Crippen LogP contribution in [0.5, 0.6) is 0 Å². The third-order valence-corrected chi connectivity index (χ3v) is 4.96. The summed E-state index contributed by atoms with van der Waals surface area (Å²) < 4.78 is 11.7. The molecule has 0 saturated carbocycles. The molecule has 0 unspecified atom stereocenters. The highest BCUT2D eigenvalue weighted by Crippen LogP contribution is 2.24. The Kier molecular flexibility index (Phi) is 7.41. The van der Waals surface area contributed by atoms with Gasteiger partial charge >= 0.3 is 0 Å². The fourth-order valence-corrected chi connectivity index (χ4v) is 3.86. The minimum atomic E-state index is -0.491. The molecule has 0 bridgehead atoms. The molecule has 27 heavy (non-hydrogen) atoms. The summed E-state index contributed by atoms with van der Waals surface area (Å²) in [6.45, 7) is 7.40. The van der Waals surface area contributed by atoms with E-state index in [0.29, 0.717) is 19.8 Å². The molecule has 0 spiro atoms. The number of nitrogens with zero attached hydrogens (tertiary/aromatic N) is 1. The average molecular weight is 370 g/mol. The summed E-state index contributed by atoms with van der Waals surface area (Å²) in [6.07, 6.45) is -0.0699. The maximum absolute atomic E-state index is 10.4. The average Bonchev–Trinajstić information content (AvgIpc) is 2.66. The molecule has 1 heterocycles. The van der Waals surface area contributed by atoms with Crippen molar-refractivity contribution in [3.8, 4) is 0 Å². The maximum atomic E-state index is 10.4. The molecular weight excluding hydrogens is 338 g/mol. The van der Waals surface area contributed by atoms with Crippen LogP contribution in [0, 0.1) is 0 Å². The van der Waals surface area contributed by atoms with Crippen LogP contribution in [0.4, 0.5) is 0 Å². The molecule has 0 aliphatic carbocycles. The van der Waals surface area contributed by atoms with Crippen LogP contribution in [0.1, 0.15) is 30.9 Å². The van der Waals surface area contributed by atoms with Crippen molar-refractivity contribution in [3.63, 3.8) is 0 Å². The van der Waals surface area contributed by atoms with E-state index in [4.69, 9.17) is 9.47 Å². The largest absolute Gasteiger partial charge is 0.389 e. The molecule has 0 amide bonds. The number of morpholine rings is 1. The summed E-state index contributed by atoms with van der Waals surface area (Å²) in [5, 5.41) is 10.4. The van der Waals surface area contributed by atoms with Gasteiger partial charge in [0.25, 0.3) is 0 Å². The third kappa shape index (κ3) is 6.15. The van der Waals surface area contributed by atoms with Crippen LogP contribution < -0.4 is 0 Å². The Bertz CT molecular complexity index is 614. The van der Waals surface area contributed by atoms with Crippen LogP contribution >= 0.6 is 0 Å². The molecular formula is C23H31NO3. The topological polar surface area (TPSA) is 41.9 Å². The normalized spacial score (nSPS) is 22.1. The van der Waals surface area contributed by atoms with Crippen LogP contribution in [0.15, 0.2) is 60.7 Å². The molecule has 3 rings (SSSR count). The predicted molar refractivity (Wildman–Crippen MR) is 108 cm³/mol. The van der Waals surface area contributed by atoms with E-state index in [1.807, 2.05) is 12.1 Å². The van der Waals surface area contributed by atoms with Crippen molar-refractivity contribution < 1.29 is 14.6 Å². The Balaban J connectivity index is 1.53. The van der Waals surface area contributed by atoms with E-state index in [-0.39, 0.29) is 18.1 Å². The fourth-order valence-electron chi connectivity index (χ4n) is 3.86. The predicted octanol–water partition coefficient (Wildman–Crippen LogP) is 3.31. The molecule has 1 aliphatic rings. The van der Waals surface area contributed by atoms with Crippen LogP contribution in [-0.2, 0) is 9.47 Å². The van der Waals surface area contributed by atoms with Gasteiger partial charge in [0.1, 0.15) is 0 Å². The zero-order chi connectivity index (χ0) is 19.1. The SMILES string of the molecule is C[C@@H]1CN(C[C@@H](O)COCC(c2ccccc2)c2ccccc2)C[C@H](C)O1. The lowest BCUT2D eigenvalue weighted by atomic mass is 9.92. The highest BCUT2D eigenvalue weighted by atomic mass is 16.5. The van der Waals surface area contributed by atoms with Crippen LogP contribution in [0.25, 0.3) is 0 Å². The van der Waals surface area contributed by atoms with Crippen molar-refractivity contribution in [3.05, 3.63) is 71.8 Å². The molecule has 1 saturated heterocycles. The molecule has 0 radical (unpaired) electrons. The van der Waals surface area contributed by atoms with E-state index in [1.165, 1.54) is 11.1 Å². The number of aliphatic hydroxyl groups is 1. The summed E-state index contributed by atoms with van der Waals surface area (Å²) in [4.78, 5) is 2.26. The first-order valence-corrected chi connectivity index (χ1v) is 9.85. The van der Waals surface area contributed by atoms with Crippen molar-refractivity contribution >= 4 is 0 Å². The van der Waals surface area contributed by atoms with Gasteiger partial charge in [-0.05, 0) is 25.0 Å². The van der Waals surface area contributed by atoms with E-state index in [2.05, 4.69) is 67.3 Å². The van der Waals surface area contributed by atoms with Gasteiger partial charge in [-0.25, -0.2) is 0 Å². The first-order chi connectivity index (χ1) is 13.1. The molecule has 0 aromatic heterocycles. The van der Waals surface area contributed by atoms with Gasteiger partial charge in [0.15, 0.2) is 0 Å². The van der Waals surface area contributed by atoms with E-state index < -0.39 is 6.10 Å². The number of hydrogen-bond acceptors (Lipinski definition) is 4. The summed E-state index contributed by atoms with van der Waals surface area (Å²) in [7, 11) is 0. The van der Waals surface area contributed by atoms with Gasteiger partial charge in [0.05, 0.1) is 31.5 Å². The standard InChI is InChI=1S/C23H31NO3/c1-18-13-24(14-19(2)27-18)15-22(25)16-26-17-23(20-9-5-3-6-10-20)21-11-7-4-8-12-21/h3-12,18-19,22-23,25H,13-17H2,1-2H3/t18-,19+,22-/m1/s1. The lowest BCUT2D eigenvalue weighted by Crippen LogP contribution is -2.48. The van der Waals surface area contributed by atoms with Gasteiger partial charge < -0.3 is 14.6 Å². The quantitative estimate of drug-likeness (QED) is 0.775. The molecule has 4 nitrogen and oxygen atoms in total. The Labute approximate surface area is 162 Å². The smallest absolute Gasteiger partial charge is 0.0900 e. The van der Waals surface area contributed by atoms with Gasteiger partial charge in [0.2, 0.25) is 0 Å². The molecule has 1 fully saturated rings. The zero-order valence-corrected chi connectivity index (χ0v) is 16.3. The molecule has 146 valence electrons. The number of aliphatic hydroxyl groups excluding tert-OH is 1. The van der Waals surface area contributed by atoms with Crippen molar-refractivity contribution in [1.82, 2.24) is 4.90 Å². The summed E-state index contributed by atoms with van der Waals surface area (Å²) in [5.74, 6) is 0.169. The molecule has 1 N–H and O–H groups in total. The molecule has 2 aromatic rings. The van der Waals surface area contributed by atoms with Crippen LogP contribution in [0.3, 0.4) is 0 Å². The van der Waals surface area contributed by atoms with E-state index in [9.17, 15) is 5.11 Å². The molecule has 2 aromatic carbocycles. The number of rotatable bonds is 8. The van der Waals surface area contributed by atoms with Crippen molar-refractivity contribution in [2.24, 2.45) is 0 Å². The molecule has 1 aliphatic heterocycles. The number of benzene rings is 2. The highest BCUT2D eigenvalue weighted by molar-refractivity contribution is 5.32. The van der Waals surface area contributed by atoms with Crippen molar-refractivity contribution in [2.45, 2.75) is 38.1 Å². The Morgan fingerprint density at radius 2 is 1.44 bits per heavy atom. The lowest BCUT2D eigenvalue weighted by molar-refractivity contribution is -0.0821. The van der Waals surface area contributed by atoms with Crippen LogP contribution in [-0.4, -0.2) is 61.2 Å². The third-order valence-electron chi connectivity index (χ3n) is 4.96. The van der Waals surface area contributed by atoms with E-state index in [0.717, 1.165) is 13.1 Å². The fraction of sp³-hybridized carbons (Fsp3) is 0.478. The Morgan fingerprint density at radius 1 is 0.926 bits per heavy atom. The second-order valence-electron chi connectivity index (χ2n) is 7.54. The van der Waals surface area contributed by atoms with Gasteiger partial charge in [-0.15, -0.1) is 0 Å². The Hall–Kier alpha value is -1.72. The van der Waals surface area contributed by atoms with Gasteiger partial charge in [-0.1, -0.05) is 60.7 Å². The van der Waals surface area contributed by atoms with Crippen molar-refractivity contribution in [2.75, 3.05) is 32.8 Å². The van der Waals surface area contributed by atoms with E-state index in [1.54, 1.807) is 0 Å². The first-order valence-electron chi connectivity index (χ1n) is 9.85. The minimum absolute atomic E-state index is 0.169. The van der Waals surface area contributed by atoms with Crippen molar-refractivity contribution in [1.29, 1.82) is 0 Å². The summed E-state index contributed by atoms with van der Waals surface area (Å²) in [5.41, 5.74) is 2.46. The highest BCUT2D eigenvalue weighted by Gasteiger charge is 2.24. The summed E-state index contributed by atoms with van der Waals surface area (Å²) in [6, 6.07) is 20.8. The molecule has 4 heteroatoms. The van der Waals surface area contributed by atoms with E-state index >= 15 is 0 Å². The van der Waals surface area contributed by atoms with Crippen LogP contribution in [0.2, 0.25) is 0 Å². The first kappa shape index (κ1) is 20.0. The maximum Gasteiger partial charge on any atom is 0.0900 e. The summed E-state index contributed by atoms with van der Waals surface area (Å²) >= 11 is 0. The Morgan fingerprint density at radius 3 is 1.96 bits per heavy atom. The zero-order valence-electron chi connectivity index (χ0n) is 16.3. The number of hydrogen-bond donors (Lipinski definition) is 1. The van der Waals surface area contributed by atoms with Gasteiger partial charge in [-0.2, -0.15) is 0 Å². The number of β-amino-alcohol motifs (C(OH)–C–C–N with tert-alkyl or cyclic N) is 1. The second kappa shape index (κ2) is 10.00. The van der Waals surface area contributed by atoms with Gasteiger partial charge in [0, 0.05) is 25.6 Å². The van der Waals surface area contributed by atoms with Gasteiger partial charge in [-0.3, -0.25) is 4.90 Å². The monoisotopic (exact) mass is 369 g/mol. The lowest BCUT2D eigenvalue weighted by Gasteiger charge is -2.36.